The molecule has 3 rings (SSSR count). The van der Waals surface area contributed by atoms with E-state index in [1.54, 1.807) is 0 Å². The minimum Gasteiger partial charge on any atom is -0.507 e. The second-order valence-corrected chi connectivity index (χ2v) is 4.65. The van der Waals surface area contributed by atoms with Crippen LogP contribution in [0.3, 0.4) is 0 Å². The van der Waals surface area contributed by atoms with Gasteiger partial charge < -0.3 is 25.5 Å². The van der Waals surface area contributed by atoms with Gasteiger partial charge in [-0.25, -0.2) is 4.79 Å². The Balaban J connectivity index is 2.57. The zero-order valence-electron chi connectivity index (χ0n) is 10.5. The van der Waals surface area contributed by atoms with Crippen LogP contribution >= 0.6 is 0 Å². The normalized spacial score (nSPS) is 11.0. The van der Waals surface area contributed by atoms with Gasteiger partial charge in [0, 0.05) is 16.2 Å². The lowest BCUT2D eigenvalue weighted by molar-refractivity contribution is 0.0696. The van der Waals surface area contributed by atoms with E-state index < -0.39 is 11.7 Å². The maximum absolute atomic E-state index is 11.0. The van der Waals surface area contributed by atoms with Gasteiger partial charge in [0.25, 0.3) is 0 Å². The highest BCUT2D eigenvalue weighted by molar-refractivity contribution is 6.12. The molecule has 0 bridgehead atoms. The Labute approximate surface area is 117 Å². The summed E-state index contributed by atoms with van der Waals surface area (Å²) >= 11 is 0. The third-order valence-electron chi connectivity index (χ3n) is 3.39. The molecule has 0 saturated carbocycles. The summed E-state index contributed by atoms with van der Waals surface area (Å²) in [4.78, 5) is 11.0. The third kappa shape index (κ3) is 1.77. The van der Waals surface area contributed by atoms with E-state index in [2.05, 4.69) is 0 Å². The predicted octanol–water partition coefficient (Wildman–Crippen LogP) is 2.51. The summed E-state index contributed by atoms with van der Waals surface area (Å²) in [5, 5.41) is 49.2. The van der Waals surface area contributed by atoms with Crippen LogP contribution in [0.15, 0.2) is 30.3 Å². The van der Waals surface area contributed by atoms with E-state index in [0.29, 0.717) is 0 Å². The SMILES string of the molecule is O=C(O)c1cc(O)c2cc3c(O)ccc(O)c3c(O)c2c1. The first-order valence-corrected chi connectivity index (χ1v) is 5.96. The number of hydrogen-bond acceptors (Lipinski definition) is 5. The molecule has 3 aromatic rings. The van der Waals surface area contributed by atoms with Crippen molar-refractivity contribution in [2.75, 3.05) is 0 Å². The molecule has 0 fully saturated rings. The largest absolute Gasteiger partial charge is 0.507 e. The molecule has 0 radical (unpaired) electrons. The molecule has 21 heavy (non-hydrogen) atoms. The van der Waals surface area contributed by atoms with Gasteiger partial charge in [-0.2, -0.15) is 0 Å². The lowest BCUT2D eigenvalue weighted by Gasteiger charge is -2.11. The molecule has 5 N–H and O–H groups in total. The quantitative estimate of drug-likeness (QED) is 0.346. The molecule has 0 spiro atoms. The van der Waals surface area contributed by atoms with E-state index in [9.17, 15) is 25.2 Å². The van der Waals surface area contributed by atoms with Crippen LogP contribution in [0.1, 0.15) is 10.4 Å². The molecule has 0 aromatic heterocycles. The predicted molar refractivity (Wildman–Crippen MR) is 75.1 cm³/mol. The summed E-state index contributed by atoms with van der Waals surface area (Å²) in [5.41, 5.74) is -0.200. The van der Waals surface area contributed by atoms with Crippen LogP contribution in [0.5, 0.6) is 23.0 Å². The summed E-state index contributed by atoms with van der Waals surface area (Å²) in [5.74, 6) is -2.45. The first-order valence-electron chi connectivity index (χ1n) is 5.96. The zero-order chi connectivity index (χ0) is 15.3. The monoisotopic (exact) mass is 286 g/mol. The van der Waals surface area contributed by atoms with Crippen LogP contribution in [-0.2, 0) is 0 Å². The number of aromatic hydroxyl groups is 4. The molecule has 0 saturated heterocycles. The Morgan fingerprint density at radius 1 is 0.762 bits per heavy atom. The van der Waals surface area contributed by atoms with Gasteiger partial charge in [0.2, 0.25) is 0 Å². The fourth-order valence-electron chi connectivity index (χ4n) is 2.38. The molecule has 0 aliphatic heterocycles. The highest BCUT2D eigenvalue weighted by atomic mass is 16.4. The number of benzene rings is 3. The summed E-state index contributed by atoms with van der Waals surface area (Å²) in [6, 6.07) is 6.08. The Morgan fingerprint density at radius 2 is 1.43 bits per heavy atom. The Hall–Kier alpha value is -3.15. The second-order valence-electron chi connectivity index (χ2n) is 4.65. The molecule has 0 aliphatic rings. The molecule has 0 atom stereocenters. The first kappa shape index (κ1) is 12.9. The van der Waals surface area contributed by atoms with E-state index in [1.807, 2.05) is 0 Å². The highest BCUT2D eigenvalue weighted by Gasteiger charge is 2.17. The van der Waals surface area contributed by atoms with Crippen LogP contribution < -0.4 is 0 Å². The minimum atomic E-state index is -1.26. The van der Waals surface area contributed by atoms with E-state index >= 15 is 0 Å². The van der Waals surface area contributed by atoms with Crippen LogP contribution in [-0.4, -0.2) is 31.5 Å². The number of carbonyl (C=O) groups is 1. The number of phenolic OH excluding ortho intramolecular Hbond substituents is 4. The average Bonchev–Trinajstić information content (AvgIpc) is 2.43. The number of aromatic carboxylic acids is 1. The molecule has 6 nitrogen and oxygen atoms in total. The number of hydrogen-bond donors (Lipinski definition) is 5. The van der Waals surface area contributed by atoms with Crippen molar-refractivity contribution in [3.8, 4) is 23.0 Å². The summed E-state index contributed by atoms with van der Waals surface area (Å²) in [7, 11) is 0. The third-order valence-corrected chi connectivity index (χ3v) is 3.39. The van der Waals surface area contributed by atoms with Crippen molar-refractivity contribution < 1.29 is 30.3 Å². The molecule has 0 heterocycles. The minimum absolute atomic E-state index is 0.00978. The van der Waals surface area contributed by atoms with Crippen LogP contribution in [0, 0.1) is 0 Å². The van der Waals surface area contributed by atoms with Crippen molar-refractivity contribution in [3.63, 3.8) is 0 Å². The van der Waals surface area contributed by atoms with Crippen LogP contribution in [0.25, 0.3) is 21.5 Å². The van der Waals surface area contributed by atoms with E-state index in [0.717, 1.165) is 6.07 Å². The standard InChI is InChI=1S/C15H10O6/c16-10-1-2-11(17)13-9(10)5-7-8(14(13)19)3-6(15(20)21)4-12(7)18/h1-5,16-19H,(H,20,21). The van der Waals surface area contributed by atoms with E-state index in [4.69, 9.17) is 5.11 Å². The summed E-state index contributed by atoms with van der Waals surface area (Å²) in [6.07, 6.45) is 0. The molecular weight excluding hydrogens is 276 g/mol. The average molecular weight is 286 g/mol. The van der Waals surface area contributed by atoms with Gasteiger partial charge in [-0.05, 0) is 30.3 Å². The highest BCUT2D eigenvalue weighted by Crippen LogP contribution is 2.44. The number of rotatable bonds is 1. The van der Waals surface area contributed by atoms with Gasteiger partial charge in [0.05, 0.1) is 10.9 Å². The molecule has 0 unspecified atom stereocenters. The zero-order valence-corrected chi connectivity index (χ0v) is 10.5. The maximum Gasteiger partial charge on any atom is 0.335 e. The lowest BCUT2D eigenvalue weighted by atomic mass is 9.98. The second kappa shape index (κ2) is 4.17. The van der Waals surface area contributed by atoms with Crippen molar-refractivity contribution in [3.05, 3.63) is 35.9 Å². The number of fused-ring (bicyclic) bond motifs is 2. The molecule has 106 valence electrons. The van der Waals surface area contributed by atoms with Gasteiger partial charge >= 0.3 is 5.97 Å². The molecule has 6 heteroatoms. The number of phenols is 4. The molecular formula is C15H10O6. The van der Waals surface area contributed by atoms with E-state index in [1.165, 1.54) is 24.3 Å². The van der Waals surface area contributed by atoms with E-state index in [-0.39, 0.29) is 44.4 Å². The number of carboxylic acid groups (broad SMARTS) is 1. The molecule has 3 aromatic carbocycles. The summed E-state index contributed by atoms with van der Waals surface area (Å²) in [6.45, 7) is 0. The Bertz CT molecular complexity index is 913. The lowest BCUT2D eigenvalue weighted by Crippen LogP contribution is -1.96. The maximum atomic E-state index is 11.0. The Morgan fingerprint density at radius 3 is 2.10 bits per heavy atom. The van der Waals surface area contributed by atoms with Gasteiger partial charge in [-0.15, -0.1) is 0 Å². The van der Waals surface area contributed by atoms with Crippen LogP contribution in [0.2, 0.25) is 0 Å². The molecule has 0 aliphatic carbocycles. The topological polar surface area (TPSA) is 118 Å². The fourth-order valence-corrected chi connectivity index (χ4v) is 2.38. The van der Waals surface area contributed by atoms with Gasteiger partial charge in [0.1, 0.15) is 23.0 Å². The van der Waals surface area contributed by atoms with Crippen LogP contribution in [0.4, 0.5) is 0 Å². The van der Waals surface area contributed by atoms with Crippen molar-refractivity contribution in [2.24, 2.45) is 0 Å². The molecule has 0 amide bonds. The number of carboxylic acids is 1. The Kier molecular flexibility index (Phi) is 2.56. The van der Waals surface area contributed by atoms with Gasteiger partial charge in [0.15, 0.2) is 0 Å². The summed E-state index contributed by atoms with van der Waals surface area (Å²) < 4.78 is 0. The first-order chi connectivity index (χ1) is 9.90. The van der Waals surface area contributed by atoms with Crippen molar-refractivity contribution >= 4 is 27.5 Å². The van der Waals surface area contributed by atoms with Crippen molar-refractivity contribution in [1.29, 1.82) is 0 Å². The van der Waals surface area contributed by atoms with Gasteiger partial charge in [-0.1, -0.05) is 0 Å². The van der Waals surface area contributed by atoms with Crippen molar-refractivity contribution in [1.82, 2.24) is 0 Å². The van der Waals surface area contributed by atoms with Gasteiger partial charge in [-0.3, -0.25) is 0 Å². The van der Waals surface area contributed by atoms with Crippen molar-refractivity contribution in [2.45, 2.75) is 0 Å². The fraction of sp³-hybridized carbons (Fsp3) is 0. The smallest absolute Gasteiger partial charge is 0.335 e.